The SMILES string of the molecule is CCCC(=O)Nc1ccccc1C(=O)OCc1cc(=O)n2ccsc2n1. The minimum atomic E-state index is -0.592. The fourth-order valence-corrected chi connectivity index (χ4v) is 3.13. The van der Waals surface area contributed by atoms with Crippen molar-refractivity contribution in [1.82, 2.24) is 9.38 Å². The molecule has 0 saturated carbocycles. The summed E-state index contributed by atoms with van der Waals surface area (Å²) in [6.07, 6.45) is 2.73. The second-order valence-electron chi connectivity index (χ2n) is 5.56. The van der Waals surface area contributed by atoms with Gasteiger partial charge in [-0.15, -0.1) is 11.3 Å². The molecule has 7 nitrogen and oxygen atoms in total. The van der Waals surface area contributed by atoms with Gasteiger partial charge in [-0.3, -0.25) is 14.0 Å². The van der Waals surface area contributed by atoms with Gasteiger partial charge in [0.25, 0.3) is 5.56 Å². The van der Waals surface area contributed by atoms with Gasteiger partial charge in [-0.1, -0.05) is 19.1 Å². The molecule has 8 heteroatoms. The van der Waals surface area contributed by atoms with Crippen molar-refractivity contribution in [3.8, 4) is 0 Å². The summed E-state index contributed by atoms with van der Waals surface area (Å²) in [5.74, 6) is -0.754. The van der Waals surface area contributed by atoms with E-state index in [9.17, 15) is 14.4 Å². The molecule has 0 aliphatic carbocycles. The van der Waals surface area contributed by atoms with Crippen LogP contribution in [-0.4, -0.2) is 21.3 Å². The molecule has 3 aromatic rings. The predicted octanol–water partition coefficient (Wildman–Crippen LogP) is 2.85. The first-order chi connectivity index (χ1) is 12.6. The number of anilines is 1. The smallest absolute Gasteiger partial charge is 0.340 e. The molecule has 0 unspecified atom stereocenters. The number of esters is 1. The van der Waals surface area contributed by atoms with Crippen molar-refractivity contribution in [2.75, 3.05) is 5.32 Å². The Bertz CT molecular complexity index is 1010. The fourth-order valence-electron chi connectivity index (χ4n) is 2.39. The highest BCUT2D eigenvalue weighted by atomic mass is 32.1. The summed E-state index contributed by atoms with van der Waals surface area (Å²) in [7, 11) is 0. The predicted molar refractivity (Wildman–Crippen MR) is 98.4 cm³/mol. The molecule has 2 heterocycles. The number of hydrogen-bond donors (Lipinski definition) is 1. The van der Waals surface area contributed by atoms with E-state index in [1.54, 1.807) is 35.8 Å². The summed E-state index contributed by atoms with van der Waals surface area (Å²) in [5.41, 5.74) is 0.802. The van der Waals surface area contributed by atoms with Crippen molar-refractivity contribution in [3.05, 3.63) is 63.5 Å². The highest BCUT2D eigenvalue weighted by molar-refractivity contribution is 7.15. The quantitative estimate of drug-likeness (QED) is 0.673. The first kappa shape index (κ1) is 17.8. The minimum absolute atomic E-state index is 0.125. The van der Waals surface area contributed by atoms with Gasteiger partial charge in [-0.2, -0.15) is 0 Å². The van der Waals surface area contributed by atoms with Gasteiger partial charge in [0.05, 0.1) is 16.9 Å². The molecule has 0 aliphatic rings. The van der Waals surface area contributed by atoms with Gasteiger partial charge in [0.1, 0.15) is 6.61 Å². The summed E-state index contributed by atoms with van der Waals surface area (Å²) in [5, 5.41) is 4.47. The first-order valence-corrected chi connectivity index (χ1v) is 8.98. The molecule has 1 amide bonds. The second kappa shape index (κ2) is 7.92. The Balaban J connectivity index is 1.73. The standard InChI is InChI=1S/C18H17N3O4S/c1-2-5-15(22)20-14-7-4-3-6-13(14)17(24)25-11-12-10-16(23)21-8-9-26-18(21)19-12/h3-4,6-10H,2,5,11H2,1H3,(H,20,22). The van der Waals surface area contributed by atoms with E-state index >= 15 is 0 Å². The average molecular weight is 371 g/mol. The summed E-state index contributed by atoms with van der Waals surface area (Å²) in [4.78, 5) is 41.0. The van der Waals surface area contributed by atoms with Crippen molar-refractivity contribution in [2.24, 2.45) is 0 Å². The third-order valence-corrected chi connectivity index (χ3v) is 4.36. The van der Waals surface area contributed by atoms with Gasteiger partial charge in [0.2, 0.25) is 5.91 Å². The lowest BCUT2D eigenvalue weighted by atomic mass is 10.1. The maximum atomic E-state index is 12.4. The van der Waals surface area contributed by atoms with Crippen molar-refractivity contribution >= 4 is 33.9 Å². The van der Waals surface area contributed by atoms with E-state index < -0.39 is 5.97 Å². The van der Waals surface area contributed by atoms with Gasteiger partial charge in [0, 0.05) is 24.1 Å². The molecule has 1 aromatic carbocycles. The Morgan fingerprint density at radius 3 is 2.92 bits per heavy atom. The lowest BCUT2D eigenvalue weighted by Gasteiger charge is -2.10. The zero-order valence-electron chi connectivity index (χ0n) is 14.1. The number of nitrogens with one attached hydrogen (secondary N) is 1. The van der Waals surface area contributed by atoms with Gasteiger partial charge in [-0.25, -0.2) is 9.78 Å². The molecular weight excluding hydrogens is 354 g/mol. The Labute approximate surface area is 153 Å². The largest absolute Gasteiger partial charge is 0.456 e. The van der Waals surface area contributed by atoms with E-state index in [2.05, 4.69) is 10.3 Å². The van der Waals surface area contributed by atoms with E-state index in [-0.39, 0.29) is 23.6 Å². The molecule has 0 fully saturated rings. The van der Waals surface area contributed by atoms with Crippen LogP contribution in [0.4, 0.5) is 5.69 Å². The van der Waals surface area contributed by atoms with Crippen LogP contribution in [0.15, 0.2) is 46.7 Å². The van der Waals surface area contributed by atoms with Crippen LogP contribution in [-0.2, 0) is 16.1 Å². The van der Waals surface area contributed by atoms with Crippen LogP contribution in [0.1, 0.15) is 35.8 Å². The number of amides is 1. The van der Waals surface area contributed by atoms with Crippen molar-refractivity contribution < 1.29 is 14.3 Å². The number of benzene rings is 1. The van der Waals surface area contributed by atoms with Crippen molar-refractivity contribution in [2.45, 2.75) is 26.4 Å². The Kier molecular flexibility index (Phi) is 5.43. The number of carbonyl (C=O) groups excluding carboxylic acids is 2. The molecule has 1 N–H and O–H groups in total. The highest BCUT2D eigenvalue weighted by Gasteiger charge is 2.15. The van der Waals surface area contributed by atoms with E-state index in [4.69, 9.17) is 4.74 Å². The number of aromatic nitrogens is 2. The number of para-hydroxylation sites is 1. The van der Waals surface area contributed by atoms with Crippen LogP contribution in [0.25, 0.3) is 4.96 Å². The lowest BCUT2D eigenvalue weighted by Crippen LogP contribution is -2.16. The second-order valence-corrected chi connectivity index (χ2v) is 6.43. The molecule has 0 bridgehead atoms. The number of fused-ring (bicyclic) bond motifs is 1. The normalized spacial score (nSPS) is 10.7. The van der Waals surface area contributed by atoms with Crippen LogP contribution >= 0.6 is 11.3 Å². The number of ether oxygens (including phenoxy) is 1. The van der Waals surface area contributed by atoms with Gasteiger partial charge in [0.15, 0.2) is 4.96 Å². The zero-order chi connectivity index (χ0) is 18.5. The topological polar surface area (TPSA) is 89.8 Å². The molecule has 0 atom stereocenters. The molecule has 2 aromatic heterocycles. The van der Waals surface area contributed by atoms with E-state index in [0.717, 1.165) is 0 Å². The number of hydrogen-bond acceptors (Lipinski definition) is 6. The Morgan fingerprint density at radius 2 is 2.12 bits per heavy atom. The number of thiazole rings is 1. The maximum Gasteiger partial charge on any atom is 0.340 e. The third kappa shape index (κ3) is 3.97. The van der Waals surface area contributed by atoms with Gasteiger partial charge >= 0.3 is 5.97 Å². The average Bonchev–Trinajstić information content (AvgIpc) is 3.09. The van der Waals surface area contributed by atoms with Crippen molar-refractivity contribution in [1.29, 1.82) is 0 Å². The highest BCUT2D eigenvalue weighted by Crippen LogP contribution is 2.17. The Hall–Kier alpha value is -3.00. The molecule has 134 valence electrons. The zero-order valence-corrected chi connectivity index (χ0v) is 14.9. The molecular formula is C18H17N3O4S. The summed E-state index contributed by atoms with van der Waals surface area (Å²) >= 11 is 1.32. The molecule has 0 saturated heterocycles. The molecule has 0 aliphatic heterocycles. The van der Waals surface area contributed by atoms with E-state index in [0.29, 0.717) is 29.2 Å². The van der Waals surface area contributed by atoms with E-state index in [1.807, 2.05) is 6.92 Å². The third-order valence-electron chi connectivity index (χ3n) is 3.61. The number of rotatable bonds is 6. The van der Waals surface area contributed by atoms with Crippen LogP contribution in [0.3, 0.4) is 0 Å². The number of carbonyl (C=O) groups is 2. The Morgan fingerprint density at radius 1 is 1.31 bits per heavy atom. The molecule has 0 radical (unpaired) electrons. The molecule has 3 rings (SSSR count). The van der Waals surface area contributed by atoms with Crippen LogP contribution < -0.4 is 10.9 Å². The lowest BCUT2D eigenvalue weighted by molar-refractivity contribution is -0.116. The van der Waals surface area contributed by atoms with E-state index in [1.165, 1.54) is 21.8 Å². The van der Waals surface area contributed by atoms with Crippen LogP contribution in [0, 0.1) is 0 Å². The monoisotopic (exact) mass is 371 g/mol. The summed E-state index contributed by atoms with van der Waals surface area (Å²) < 4.78 is 6.71. The van der Waals surface area contributed by atoms with Crippen LogP contribution in [0.5, 0.6) is 0 Å². The number of nitrogens with zero attached hydrogens (tertiary/aromatic N) is 2. The minimum Gasteiger partial charge on any atom is -0.456 e. The van der Waals surface area contributed by atoms with Crippen molar-refractivity contribution in [3.63, 3.8) is 0 Å². The summed E-state index contributed by atoms with van der Waals surface area (Å²) in [6, 6.07) is 7.98. The summed E-state index contributed by atoms with van der Waals surface area (Å²) in [6.45, 7) is 1.78. The molecule has 0 spiro atoms. The van der Waals surface area contributed by atoms with Gasteiger partial charge in [-0.05, 0) is 18.6 Å². The molecule has 26 heavy (non-hydrogen) atoms. The maximum absolute atomic E-state index is 12.4. The van der Waals surface area contributed by atoms with Gasteiger partial charge < -0.3 is 10.1 Å². The van der Waals surface area contributed by atoms with Crippen LogP contribution in [0.2, 0.25) is 0 Å². The first-order valence-electron chi connectivity index (χ1n) is 8.10. The fraction of sp³-hybridized carbons (Fsp3) is 0.222.